The summed E-state index contributed by atoms with van der Waals surface area (Å²) in [5.74, 6) is 0.159. The monoisotopic (exact) mass is 406 g/mol. The van der Waals surface area contributed by atoms with Gasteiger partial charge < -0.3 is 5.73 Å². The molecule has 1 atom stereocenters. The van der Waals surface area contributed by atoms with Crippen molar-refractivity contribution in [3.05, 3.63) is 82.9 Å². The molecule has 3 N–H and O–H groups in total. The van der Waals surface area contributed by atoms with Gasteiger partial charge in [-0.15, -0.1) is 5.10 Å². The molecule has 0 bridgehead atoms. The first kappa shape index (κ1) is 18.6. The molecule has 0 aliphatic carbocycles. The fourth-order valence-electron chi connectivity index (χ4n) is 4.27. The molecule has 0 spiro atoms. The number of fused-ring (bicyclic) bond motifs is 2. The van der Waals surface area contributed by atoms with Crippen LogP contribution in [-0.2, 0) is 12.6 Å². The zero-order chi connectivity index (χ0) is 20.7. The number of nitrogens with two attached hydrogens (primary N) is 1. The highest BCUT2D eigenvalue weighted by atomic mass is 19.3. The summed E-state index contributed by atoms with van der Waals surface area (Å²) in [6, 6.07) is 15.3. The van der Waals surface area contributed by atoms with Crippen LogP contribution in [0, 0.1) is 0 Å². The van der Waals surface area contributed by atoms with Crippen LogP contribution in [-0.4, -0.2) is 31.8 Å². The van der Waals surface area contributed by atoms with E-state index >= 15 is 0 Å². The highest BCUT2D eigenvalue weighted by molar-refractivity contribution is 5.77. The molecule has 2 aromatic carbocycles. The molecule has 152 valence electrons. The minimum absolute atomic E-state index is 0.0910. The molecule has 6 nitrogen and oxygen atoms in total. The van der Waals surface area contributed by atoms with Crippen molar-refractivity contribution in [2.24, 2.45) is 0 Å². The zero-order valence-electron chi connectivity index (χ0n) is 16.1. The molecule has 4 aromatic rings. The van der Waals surface area contributed by atoms with Crippen molar-refractivity contribution in [1.29, 1.82) is 0 Å². The molecule has 2 aromatic heterocycles. The Morgan fingerprint density at radius 2 is 1.87 bits per heavy atom. The smallest absolute Gasteiger partial charge is 0.332 e. The van der Waals surface area contributed by atoms with Crippen molar-refractivity contribution in [2.45, 2.75) is 24.9 Å². The molecule has 0 saturated heterocycles. The number of hydrogen-bond acceptors (Lipinski definition) is 5. The highest BCUT2D eigenvalue weighted by Crippen LogP contribution is 2.43. The Morgan fingerprint density at radius 1 is 1.10 bits per heavy atom. The van der Waals surface area contributed by atoms with E-state index in [1.807, 2.05) is 30.3 Å². The third-order valence-electron chi connectivity index (χ3n) is 5.71. The van der Waals surface area contributed by atoms with Gasteiger partial charge in [-0.2, -0.15) is 8.78 Å². The zero-order valence-corrected chi connectivity index (χ0v) is 16.1. The van der Waals surface area contributed by atoms with Crippen molar-refractivity contribution in [3.63, 3.8) is 0 Å². The average molecular weight is 406 g/mol. The Labute approximate surface area is 171 Å². The number of nitrogens with one attached hydrogen (secondary N) is 1. The minimum Gasteiger partial charge on any atom is -0.384 e. The summed E-state index contributed by atoms with van der Waals surface area (Å²) < 4.78 is 30.0. The topological polar surface area (TPSA) is 83.7 Å². The van der Waals surface area contributed by atoms with Crippen LogP contribution >= 0.6 is 0 Å². The van der Waals surface area contributed by atoms with E-state index in [4.69, 9.17) is 5.73 Å². The van der Waals surface area contributed by atoms with Crippen molar-refractivity contribution in [2.75, 3.05) is 12.3 Å². The van der Waals surface area contributed by atoms with Crippen molar-refractivity contribution in [3.8, 4) is 0 Å². The number of halogens is 2. The predicted octanol–water partition coefficient (Wildman–Crippen LogP) is 4.02. The second kappa shape index (κ2) is 7.14. The lowest BCUT2D eigenvalue weighted by Crippen LogP contribution is -2.34. The average Bonchev–Trinajstić information content (AvgIpc) is 3.31. The van der Waals surface area contributed by atoms with Crippen LogP contribution in [0.25, 0.3) is 11.2 Å². The normalized spacial score (nSPS) is 16.6. The van der Waals surface area contributed by atoms with Crippen molar-refractivity contribution in [1.82, 2.24) is 25.3 Å². The van der Waals surface area contributed by atoms with Crippen LogP contribution in [0.5, 0.6) is 0 Å². The second-order valence-electron chi connectivity index (χ2n) is 7.52. The van der Waals surface area contributed by atoms with Crippen LogP contribution < -0.4 is 5.73 Å². The number of pyridine rings is 1. The maximum atomic E-state index is 15.0. The van der Waals surface area contributed by atoms with Crippen molar-refractivity contribution < 1.29 is 8.78 Å². The number of alkyl halides is 2. The molecule has 1 unspecified atom stereocenters. The molecule has 0 amide bonds. The van der Waals surface area contributed by atoms with Gasteiger partial charge in [0.05, 0.1) is 0 Å². The number of aromatic amines is 1. The van der Waals surface area contributed by atoms with Crippen LogP contribution in [0.4, 0.5) is 14.6 Å². The van der Waals surface area contributed by atoms with E-state index in [9.17, 15) is 8.78 Å². The maximum absolute atomic E-state index is 15.0. The van der Waals surface area contributed by atoms with Gasteiger partial charge in [-0.1, -0.05) is 59.8 Å². The van der Waals surface area contributed by atoms with E-state index in [-0.39, 0.29) is 24.6 Å². The number of benzene rings is 2. The molecule has 30 heavy (non-hydrogen) atoms. The number of hydrogen-bond donors (Lipinski definition) is 2. The Hall–Kier alpha value is -3.39. The first-order valence-corrected chi connectivity index (χ1v) is 9.77. The molecule has 5 rings (SSSR count). The fourth-order valence-corrected chi connectivity index (χ4v) is 4.27. The minimum atomic E-state index is -2.99. The number of nitrogens with zero attached hydrogens (tertiary/aromatic N) is 4. The first-order chi connectivity index (χ1) is 14.5. The van der Waals surface area contributed by atoms with E-state index < -0.39 is 6.05 Å². The summed E-state index contributed by atoms with van der Waals surface area (Å²) in [4.78, 5) is 5.46. The molecule has 0 radical (unpaired) electrons. The van der Waals surface area contributed by atoms with Gasteiger partial charge in [0, 0.05) is 24.6 Å². The second-order valence-corrected chi connectivity index (χ2v) is 7.52. The Bertz CT molecular complexity index is 1190. The van der Waals surface area contributed by atoms with Crippen molar-refractivity contribution >= 4 is 17.0 Å². The lowest BCUT2D eigenvalue weighted by molar-refractivity contribution is -0.145. The standard InChI is InChI=1S/C22H20F2N6/c23-22(24)18-9-5-4-8-15(18)13-30(22)11-10-16(14-6-2-1-3-7-14)17-12-19(25)26-21-20(17)27-29-28-21/h1-9,12,16H,10-11,13H2,(H3,25,26,27,28,29). The number of aromatic nitrogens is 4. The van der Waals surface area contributed by atoms with Crippen LogP contribution in [0.2, 0.25) is 0 Å². The quantitative estimate of drug-likeness (QED) is 0.489. The van der Waals surface area contributed by atoms with Gasteiger partial charge in [0.1, 0.15) is 11.3 Å². The molecule has 8 heteroatoms. The summed E-state index contributed by atoms with van der Waals surface area (Å²) in [6.07, 6.45) is 0.471. The van der Waals surface area contributed by atoms with Gasteiger partial charge in [0.15, 0.2) is 5.65 Å². The summed E-state index contributed by atoms with van der Waals surface area (Å²) >= 11 is 0. The lowest BCUT2D eigenvalue weighted by atomic mass is 9.88. The SMILES string of the molecule is Nc1cc(C(CCN2Cc3ccccc3C2(F)F)c2ccccc2)c2nn[nH]c2n1. The van der Waals surface area contributed by atoms with E-state index in [0.717, 1.165) is 11.1 Å². The van der Waals surface area contributed by atoms with Gasteiger partial charge >= 0.3 is 6.05 Å². The third kappa shape index (κ3) is 3.09. The molecule has 1 aliphatic heterocycles. The molecular weight excluding hydrogens is 386 g/mol. The van der Waals surface area contributed by atoms with Gasteiger partial charge in [-0.05, 0) is 29.2 Å². The van der Waals surface area contributed by atoms with E-state index in [1.54, 1.807) is 24.3 Å². The molecule has 3 heterocycles. The van der Waals surface area contributed by atoms with E-state index in [2.05, 4.69) is 20.4 Å². The molecule has 1 aliphatic rings. The van der Waals surface area contributed by atoms with E-state index in [0.29, 0.717) is 29.0 Å². The predicted molar refractivity (Wildman–Crippen MR) is 110 cm³/mol. The number of nitrogen functional groups attached to an aromatic ring is 1. The summed E-state index contributed by atoms with van der Waals surface area (Å²) in [5.41, 5.74) is 9.70. The highest BCUT2D eigenvalue weighted by Gasteiger charge is 2.46. The van der Waals surface area contributed by atoms with Gasteiger partial charge in [-0.3, -0.25) is 0 Å². The Balaban J connectivity index is 1.49. The van der Waals surface area contributed by atoms with Crippen LogP contribution in [0.15, 0.2) is 60.7 Å². The largest absolute Gasteiger partial charge is 0.384 e. The number of anilines is 1. The van der Waals surface area contributed by atoms with Gasteiger partial charge in [0.25, 0.3) is 0 Å². The molecule has 0 saturated carbocycles. The fraction of sp³-hybridized carbons (Fsp3) is 0.227. The maximum Gasteiger partial charge on any atom is 0.332 e. The summed E-state index contributed by atoms with van der Waals surface area (Å²) in [5, 5.41) is 10.8. The number of rotatable bonds is 5. The Morgan fingerprint density at radius 3 is 2.67 bits per heavy atom. The van der Waals surface area contributed by atoms with E-state index in [1.165, 1.54) is 11.0 Å². The van der Waals surface area contributed by atoms with Crippen LogP contribution in [0.3, 0.4) is 0 Å². The van der Waals surface area contributed by atoms with Gasteiger partial charge in [-0.25, -0.2) is 15.0 Å². The third-order valence-corrected chi connectivity index (χ3v) is 5.71. The molecule has 0 fully saturated rings. The van der Waals surface area contributed by atoms with Gasteiger partial charge in [0.2, 0.25) is 0 Å². The summed E-state index contributed by atoms with van der Waals surface area (Å²) in [6.45, 7) is 0.436. The Kier molecular flexibility index (Phi) is 4.43. The molecular formula is C22H20F2N6. The first-order valence-electron chi connectivity index (χ1n) is 9.77. The lowest BCUT2D eigenvalue weighted by Gasteiger charge is -2.27. The summed E-state index contributed by atoms with van der Waals surface area (Å²) in [7, 11) is 0. The number of H-pyrrole nitrogens is 1. The van der Waals surface area contributed by atoms with Crippen LogP contribution in [0.1, 0.15) is 34.6 Å².